The second-order valence-corrected chi connectivity index (χ2v) is 10.2. The fourth-order valence-electron chi connectivity index (χ4n) is 3.76. The Labute approximate surface area is 177 Å². The number of sulfonamides is 1. The number of ether oxygens (including phenoxy) is 1. The van der Waals surface area contributed by atoms with Crippen molar-refractivity contribution < 1.29 is 28.5 Å². The van der Waals surface area contributed by atoms with Crippen LogP contribution < -0.4 is 0 Å². The number of hydrogen-bond donors (Lipinski definition) is 3. The Balaban J connectivity index is 2.66. The minimum Gasteiger partial charge on any atom is -0.394 e. The highest BCUT2D eigenvalue weighted by atomic mass is 32.2. The lowest BCUT2D eigenvalue weighted by Gasteiger charge is -2.27. The fraction of sp³-hybridized carbons (Fsp3) is 1.00. The van der Waals surface area contributed by atoms with Crippen molar-refractivity contribution in [1.29, 1.82) is 0 Å². The van der Waals surface area contributed by atoms with E-state index in [1.54, 1.807) is 0 Å². The Bertz CT molecular complexity index is 499. The summed E-state index contributed by atoms with van der Waals surface area (Å²) in [7, 11) is -3.93. The summed E-state index contributed by atoms with van der Waals surface area (Å²) >= 11 is 0. The molecule has 1 heterocycles. The molecule has 8 heteroatoms. The first-order chi connectivity index (χ1) is 13.9. The van der Waals surface area contributed by atoms with E-state index in [0.717, 1.165) is 51.4 Å². The zero-order valence-electron chi connectivity index (χ0n) is 18.3. The fourth-order valence-corrected chi connectivity index (χ4v) is 5.62. The quantitative estimate of drug-likeness (QED) is 0.302. The lowest BCUT2D eigenvalue weighted by atomic mass is 10.1. The Kier molecular flexibility index (Phi) is 13.6. The van der Waals surface area contributed by atoms with Gasteiger partial charge in [0.25, 0.3) is 0 Å². The number of hydrogen-bond acceptors (Lipinski definition) is 6. The molecule has 0 spiro atoms. The Morgan fingerprint density at radius 1 is 0.759 bits per heavy atom. The molecule has 0 amide bonds. The van der Waals surface area contributed by atoms with Gasteiger partial charge in [0.05, 0.1) is 6.61 Å². The minimum atomic E-state index is -3.93. The summed E-state index contributed by atoms with van der Waals surface area (Å²) < 4.78 is 33.0. The SMILES string of the molecule is CCCCCCCCN(CCCCCCCC)S(=O)(=O)[C@@H]1O[C@@H](CO)[C@H](O)[C@H]1O. The van der Waals surface area contributed by atoms with E-state index in [4.69, 9.17) is 4.74 Å². The third-order valence-corrected chi connectivity index (χ3v) is 7.74. The van der Waals surface area contributed by atoms with Gasteiger partial charge in [0.2, 0.25) is 15.5 Å². The van der Waals surface area contributed by atoms with E-state index in [1.165, 1.54) is 30.0 Å². The van der Waals surface area contributed by atoms with Crippen LogP contribution in [0.4, 0.5) is 0 Å². The summed E-state index contributed by atoms with van der Waals surface area (Å²) in [5.74, 6) is 0. The summed E-state index contributed by atoms with van der Waals surface area (Å²) in [6, 6.07) is 0. The highest BCUT2D eigenvalue weighted by Gasteiger charge is 2.50. The highest BCUT2D eigenvalue weighted by Crippen LogP contribution is 2.28. The molecule has 7 nitrogen and oxygen atoms in total. The molecule has 4 atom stereocenters. The van der Waals surface area contributed by atoms with Crippen molar-refractivity contribution in [1.82, 2.24) is 4.31 Å². The molecule has 174 valence electrons. The van der Waals surface area contributed by atoms with Crippen molar-refractivity contribution in [2.24, 2.45) is 0 Å². The lowest BCUT2D eigenvalue weighted by molar-refractivity contribution is -0.00925. The van der Waals surface area contributed by atoms with Gasteiger partial charge in [0.15, 0.2) is 0 Å². The van der Waals surface area contributed by atoms with Crippen LogP contribution in [-0.2, 0) is 14.8 Å². The minimum absolute atomic E-state index is 0.399. The van der Waals surface area contributed by atoms with Crippen LogP contribution in [-0.4, -0.2) is 71.5 Å². The molecule has 0 saturated carbocycles. The van der Waals surface area contributed by atoms with Crippen LogP contribution in [0.1, 0.15) is 90.9 Å². The molecule has 0 aromatic carbocycles. The largest absolute Gasteiger partial charge is 0.394 e. The van der Waals surface area contributed by atoms with E-state index in [0.29, 0.717) is 13.1 Å². The van der Waals surface area contributed by atoms with Crippen LogP contribution in [0.5, 0.6) is 0 Å². The van der Waals surface area contributed by atoms with Gasteiger partial charge in [-0.15, -0.1) is 0 Å². The van der Waals surface area contributed by atoms with Gasteiger partial charge < -0.3 is 20.1 Å². The normalized spacial score (nSPS) is 25.2. The maximum absolute atomic E-state index is 13.1. The molecule has 1 aliphatic rings. The lowest BCUT2D eigenvalue weighted by Crippen LogP contribution is -2.45. The number of aliphatic hydroxyl groups excluding tert-OH is 3. The predicted molar refractivity (Wildman–Crippen MR) is 115 cm³/mol. The maximum atomic E-state index is 13.1. The van der Waals surface area contributed by atoms with Gasteiger partial charge in [-0.1, -0.05) is 78.1 Å². The molecule has 1 aliphatic heterocycles. The molecule has 0 unspecified atom stereocenters. The highest BCUT2D eigenvalue weighted by molar-refractivity contribution is 7.89. The van der Waals surface area contributed by atoms with Crippen LogP contribution >= 0.6 is 0 Å². The van der Waals surface area contributed by atoms with Gasteiger partial charge in [-0.3, -0.25) is 0 Å². The summed E-state index contributed by atoms with van der Waals surface area (Å²) in [5, 5.41) is 29.4. The molecule has 0 radical (unpaired) electrons. The van der Waals surface area contributed by atoms with Crippen molar-refractivity contribution in [3.63, 3.8) is 0 Å². The molecule has 1 fully saturated rings. The standard InChI is InChI=1S/C21H43NO6S/c1-3-5-7-9-11-13-15-22(16-14-12-10-8-6-4-2)29(26,27)21-20(25)19(24)18(17-23)28-21/h18-21,23-25H,3-17H2,1-2H3/t18-,19-,20+,21-/m0/s1. The Hall–Kier alpha value is -0.250. The van der Waals surface area contributed by atoms with E-state index >= 15 is 0 Å². The molecule has 0 aromatic heterocycles. The average Bonchev–Trinajstić information content (AvgIpc) is 3.00. The molecule has 1 saturated heterocycles. The van der Waals surface area contributed by atoms with Crippen molar-refractivity contribution in [3.8, 4) is 0 Å². The molecule has 0 aliphatic carbocycles. The smallest absolute Gasteiger partial charge is 0.244 e. The maximum Gasteiger partial charge on any atom is 0.244 e. The van der Waals surface area contributed by atoms with Gasteiger partial charge in [-0.25, -0.2) is 8.42 Å². The Morgan fingerprint density at radius 3 is 1.62 bits per heavy atom. The van der Waals surface area contributed by atoms with E-state index in [9.17, 15) is 23.7 Å². The molecule has 3 N–H and O–H groups in total. The monoisotopic (exact) mass is 437 g/mol. The van der Waals surface area contributed by atoms with Crippen molar-refractivity contribution in [2.75, 3.05) is 19.7 Å². The molecular weight excluding hydrogens is 394 g/mol. The molecule has 0 aromatic rings. The third-order valence-electron chi connectivity index (χ3n) is 5.67. The van der Waals surface area contributed by atoms with Gasteiger partial charge in [0, 0.05) is 13.1 Å². The van der Waals surface area contributed by atoms with Crippen LogP contribution in [0, 0.1) is 0 Å². The number of aliphatic hydroxyl groups is 3. The topological polar surface area (TPSA) is 107 Å². The van der Waals surface area contributed by atoms with Crippen LogP contribution in [0.15, 0.2) is 0 Å². The first-order valence-electron chi connectivity index (χ1n) is 11.5. The summed E-state index contributed by atoms with van der Waals surface area (Å²) in [6.45, 7) is 4.59. The van der Waals surface area contributed by atoms with E-state index in [1.807, 2.05) is 0 Å². The van der Waals surface area contributed by atoms with Crippen LogP contribution in [0.25, 0.3) is 0 Å². The van der Waals surface area contributed by atoms with Crippen molar-refractivity contribution in [2.45, 2.75) is 115 Å². The van der Waals surface area contributed by atoms with Crippen molar-refractivity contribution >= 4 is 10.0 Å². The zero-order chi connectivity index (χ0) is 21.7. The first-order valence-corrected chi connectivity index (χ1v) is 13.0. The summed E-state index contributed by atoms with van der Waals surface area (Å²) in [5.41, 5.74) is -1.52. The van der Waals surface area contributed by atoms with Crippen LogP contribution in [0.2, 0.25) is 0 Å². The number of rotatable bonds is 17. The van der Waals surface area contributed by atoms with Gasteiger partial charge >= 0.3 is 0 Å². The molecule has 1 rings (SSSR count). The Morgan fingerprint density at radius 2 is 1.21 bits per heavy atom. The first kappa shape index (κ1) is 26.8. The number of unbranched alkanes of at least 4 members (excludes halogenated alkanes) is 10. The second kappa shape index (κ2) is 14.7. The molecule has 29 heavy (non-hydrogen) atoms. The van der Waals surface area contributed by atoms with E-state index < -0.39 is 40.4 Å². The van der Waals surface area contributed by atoms with Gasteiger partial charge in [0.1, 0.15) is 18.3 Å². The summed E-state index contributed by atoms with van der Waals surface area (Å²) in [4.78, 5) is 0. The average molecular weight is 438 g/mol. The second-order valence-electron chi connectivity index (χ2n) is 8.19. The van der Waals surface area contributed by atoms with Crippen molar-refractivity contribution in [3.05, 3.63) is 0 Å². The van der Waals surface area contributed by atoms with Gasteiger partial charge in [-0.05, 0) is 12.8 Å². The van der Waals surface area contributed by atoms with E-state index in [-0.39, 0.29) is 0 Å². The number of nitrogens with zero attached hydrogens (tertiary/aromatic N) is 1. The van der Waals surface area contributed by atoms with Gasteiger partial charge in [-0.2, -0.15) is 4.31 Å². The third kappa shape index (κ3) is 8.79. The zero-order valence-corrected chi connectivity index (χ0v) is 19.2. The van der Waals surface area contributed by atoms with Crippen LogP contribution in [0.3, 0.4) is 0 Å². The molecular formula is C21H43NO6S. The van der Waals surface area contributed by atoms with E-state index in [2.05, 4.69) is 13.8 Å². The summed E-state index contributed by atoms with van der Waals surface area (Å²) in [6.07, 6.45) is 8.70. The predicted octanol–water partition coefficient (Wildman–Crippen LogP) is 2.78. The molecule has 0 bridgehead atoms.